The first-order valence-corrected chi connectivity index (χ1v) is 11.2. The number of aromatic nitrogens is 5. The summed E-state index contributed by atoms with van der Waals surface area (Å²) in [5, 5.41) is 10.9. The van der Waals surface area contributed by atoms with E-state index in [1.807, 2.05) is 13.2 Å². The zero-order valence-corrected chi connectivity index (χ0v) is 17.8. The second kappa shape index (κ2) is 8.44. The maximum atomic E-state index is 7.76. The summed E-state index contributed by atoms with van der Waals surface area (Å²) in [6, 6.07) is 0.853. The molecular formula is C20H28N8OS. The number of hydrogen-bond acceptors (Lipinski definition) is 9. The molecule has 1 saturated carbocycles. The van der Waals surface area contributed by atoms with E-state index in [2.05, 4.69) is 35.6 Å². The molecule has 30 heavy (non-hydrogen) atoms. The molecule has 5 rings (SSSR count). The molecule has 9 nitrogen and oxygen atoms in total. The largest absolute Gasteiger partial charge is 0.379 e. The Hall–Kier alpha value is -2.30. The van der Waals surface area contributed by atoms with E-state index in [0.717, 1.165) is 69.0 Å². The second-order valence-corrected chi connectivity index (χ2v) is 8.87. The van der Waals surface area contributed by atoms with Crippen LogP contribution in [0, 0.1) is 6.85 Å². The van der Waals surface area contributed by atoms with E-state index in [1.165, 1.54) is 0 Å². The SMILES string of the molecule is [2H]C([2H])([2H])c1nc2c(NC3CCC(N4CCOCC4)CC3)nc(Nc3cnn(C)c3)nc2s1. The normalized spacial score (nSPS) is 24.9. The first kappa shape index (κ1) is 16.4. The van der Waals surface area contributed by atoms with Gasteiger partial charge in [0.1, 0.15) is 5.52 Å². The van der Waals surface area contributed by atoms with Crippen LogP contribution in [0.5, 0.6) is 0 Å². The number of morpholine rings is 1. The number of anilines is 3. The Kier molecular flexibility index (Phi) is 4.62. The predicted molar refractivity (Wildman–Crippen MR) is 118 cm³/mol. The minimum Gasteiger partial charge on any atom is -0.379 e. The van der Waals surface area contributed by atoms with Gasteiger partial charge in [0.05, 0.1) is 30.1 Å². The number of fused-ring (bicyclic) bond motifs is 1. The van der Waals surface area contributed by atoms with Crippen molar-refractivity contribution in [1.29, 1.82) is 0 Å². The monoisotopic (exact) mass is 431 g/mol. The van der Waals surface area contributed by atoms with Gasteiger partial charge in [0.15, 0.2) is 10.6 Å². The van der Waals surface area contributed by atoms with Crippen LogP contribution in [0.3, 0.4) is 0 Å². The lowest BCUT2D eigenvalue weighted by molar-refractivity contribution is 0.00791. The standard InChI is InChI=1S/C20H28N8OS/c1-13-22-17-18(23-14-3-5-16(6-4-14)28-7-9-29-10-8-28)25-20(26-19(17)30-13)24-15-11-21-27(2)12-15/h11-12,14,16H,3-10H2,1-2H3,(H2,23,24,25,26)/i1D3. The first-order chi connectivity index (χ1) is 15.8. The van der Waals surface area contributed by atoms with Crippen molar-refractivity contribution >= 4 is 39.1 Å². The van der Waals surface area contributed by atoms with Crippen molar-refractivity contribution in [2.24, 2.45) is 7.05 Å². The fraction of sp³-hybridized carbons (Fsp3) is 0.600. The van der Waals surface area contributed by atoms with Crippen LogP contribution in [0.1, 0.15) is 34.8 Å². The fourth-order valence-electron chi connectivity index (χ4n) is 4.31. The second-order valence-electron chi connectivity index (χ2n) is 7.89. The van der Waals surface area contributed by atoms with Gasteiger partial charge in [-0.15, -0.1) is 0 Å². The van der Waals surface area contributed by atoms with Crippen molar-refractivity contribution in [2.45, 2.75) is 44.6 Å². The van der Waals surface area contributed by atoms with E-state index < -0.39 is 6.85 Å². The van der Waals surface area contributed by atoms with E-state index in [4.69, 9.17) is 8.85 Å². The first-order valence-electron chi connectivity index (χ1n) is 11.9. The van der Waals surface area contributed by atoms with Crippen molar-refractivity contribution in [1.82, 2.24) is 29.6 Å². The maximum Gasteiger partial charge on any atom is 0.230 e. The van der Waals surface area contributed by atoms with E-state index in [9.17, 15) is 0 Å². The van der Waals surface area contributed by atoms with E-state index in [1.54, 1.807) is 10.9 Å². The number of nitrogens with zero attached hydrogens (tertiary/aromatic N) is 6. The molecule has 0 aromatic carbocycles. The van der Waals surface area contributed by atoms with Crippen LogP contribution >= 0.6 is 11.3 Å². The Labute approximate surface area is 184 Å². The lowest BCUT2D eigenvalue weighted by atomic mass is 9.90. The van der Waals surface area contributed by atoms with Crippen LogP contribution in [-0.2, 0) is 11.8 Å². The molecule has 10 heteroatoms. The third-order valence-corrected chi connectivity index (χ3v) is 6.58. The molecule has 0 bridgehead atoms. The molecule has 1 aliphatic carbocycles. The molecule has 3 aromatic rings. The minimum atomic E-state index is -2.28. The molecular weight excluding hydrogens is 400 g/mol. The number of nitrogens with one attached hydrogen (secondary N) is 2. The third-order valence-electron chi connectivity index (χ3n) is 5.82. The number of aryl methyl sites for hydroxylation is 2. The number of ether oxygens (including phenoxy) is 1. The summed E-state index contributed by atoms with van der Waals surface area (Å²) in [6.07, 6.45) is 7.79. The molecule has 2 N–H and O–H groups in total. The topological polar surface area (TPSA) is 93.0 Å². The van der Waals surface area contributed by atoms with Crippen molar-refractivity contribution in [2.75, 3.05) is 36.9 Å². The summed E-state index contributed by atoms with van der Waals surface area (Å²) >= 11 is 1.09. The van der Waals surface area contributed by atoms with Crippen molar-refractivity contribution in [3.63, 3.8) is 0 Å². The Bertz CT molecular complexity index is 1100. The van der Waals surface area contributed by atoms with Crippen LogP contribution in [0.2, 0.25) is 0 Å². The molecule has 3 aromatic heterocycles. The van der Waals surface area contributed by atoms with Crippen LogP contribution in [-0.4, -0.2) is 68.0 Å². The van der Waals surface area contributed by atoms with Gasteiger partial charge in [-0.1, -0.05) is 11.3 Å². The zero-order valence-electron chi connectivity index (χ0n) is 20.0. The highest BCUT2D eigenvalue weighted by Gasteiger charge is 2.27. The molecule has 0 spiro atoms. The molecule has 0 atom stereocenters. The quantitative estimate of drug-likeness (QED) is 0.637. The molecule has 160 valence electrons. The fourth-order valence-corrected chi connectivity index (χ4v) is 5.01. The highest BCUT2D eigenvalue weighted by molar-refractivity contribution is 7.18. The van der Waals surface area contributed by atoms with Crippen LogP contribution in [0.25, 0.3) is 10.3 Å². The molecule has 2 fully saturated rings. The maximum absolute atomic E-state index is 7.76. The average molecular weight is 432 g/mol. The Balaban J connectivity index is 1.36. The Morgan fingerprint density at radius 2 is 2.00 bits per heavy atom. The molecule has 4 heterocycles. The molecule has 0 radical (unpaired) electrons. The smallest absolute Gasteiger partial charge is 0.230 e. The number of hydrogen-bond donors (Lipinski definition) is 2. The lowest BCUT2D eigenvalue weighted by Crippen LogP contribution is -2.46. The zero-order chi connectivity index (χ0) is 23.0. The minimum absolute atomic E-state index is 0.0735. The predicted octanol–water partition coefficient (Wildman–Crippen LogP) is 2.93. The van der Waals surface area contributed by atoms with Crippen LogP contribution < -0.4 is 10.6 Å². The van der Waals surface area contributed by atoms with Crippen LogP contribution in [0.4, 0.5) is 17.5 Å². The molecule has 0 amide bonds. The highest BCUT2D eigenvalue weighted by atomic mass is 32.1. The molecule has 1 saturated heterocycles. The molecule has 1 aliphatic heterocycles. The van der Waals surface area contributed by atoms with Gasteiger partial charge in [-0.2, -0.15) is 15.1 Å². The van der Waals surface area contributed by atoms with Crippen molar-refractivity contribution in [3.8, 4) is 0 Å². The summed E-state index contributed by atoms with van der Waals surface area (Å²) in [6.45, 7) is 1.37. The third kappa shape index (κ3) is 4.26. The van der Waals surface area contributed by atoms with Gasteiger partial charge < -0.3 is 15.4 Å². The van der Waals surface area contributed by atoms with Gasteiger partial charge >= 0.3 is 0 Å². The van der Waals surface area contributed by atoms with Gasteiger partial charge in [0.25, 0.3) is 0 Å². The Morgan fingerprint density at radius 3 is 2.73 bits per heavy atom. The van der Waals surface area contributed by atoms with Gasteiger partial charge in [-0.25, -0.2) is 4.98 Å². The number of thiazole rings is 1. The van der Waals surface area contributed by atoms with E-state index in [0.29, 0.717) is 28.2 Å². The van der Waals surface area contributed by atoms with Crippen LogP contribution in [0.15, 0.2) is 12.4 Å². The molecule has 2 aliphatic rings. The van der Waals surface area contributed by atoms with E-state index in [-0.39, 0.29) is 11.0 Å². The summed E-state index contributed by atoms with van der Waals surface area (Å²) in [5.74, 6) is 0.966. The van der Waals surface area contributed by atoms with E-state index >= 15 is 0 Å². The van der Waals surface area contributed by atoms with Gasteiger partial charge in [-0.3, -0.25) is 9.58 Å². The summed E-state index contributed by atoms with van der Waals surface area (Å²) in [5.41, 5.74) is 1.27. The Morgan fingerprint density at radius 1 is 1.17 bits per heavy atom. The van der Waals surface area contributed by atoms with Gasteiger partial charge in [0.2, 0.25) is 5.95 Å². The van der Waals surface area contributed by atoms with Gasteiger partial charge in [-0.05, 0) is 32.5 Å². The van der Waals surface area contributed by atoms with Crippen molar-refractivity contribution in [3.05, 3.63) is 17.4 Å². The average Bonchev–Trinajstić information content (AvgIpc) is 3.41. The summed E-state index contributed by atoms with van der Waals surface area (Å²) < 4.78 is 30.4. The molecule has 0 unspecified atom stereocenters. The van der Waals surface area contributed by atoms with Crippen molar-refractivity contribution < 1.29 is 8.85 Å². The summed E-state index contributed by atoms with van der Waals surface area (Å²) in [4.78, 5) is 16.7. The highest BCUT2D eigenvalue weighted by Crippen LogP contribution is 2.31. The van der Waals surface area contributed by atoms with Gasteiger partial charge in [0, 0.05) is 42.5 Å². The number of rotatable bonds is 5. The lowest BCUT2D eigenvalue weighted by Gasteiger charge is -2.39. The summed E-state index contributed by atoms with van der Waals surface area (Å²) in [7, 11) is 1.83.